The van der Waals surface area contributed by atoms with Crippen LogP contribution in [0.5, 0.6) is 0 Å². The summed E-state index contributed by atoms with van der Waals surface area (Å²) in [7, 11) is 0. The molecule has 1 aliphatic heterocycles. The van der Waals surface area contributed by atoms with Gasteiger partial charge in [-0.3, -0.25) is 4.79 Å². The second kappa shape index (κ2) is 7.79. The van der Waals surface area contributed by atoms with Crippen molar-refractivity contribution in [1.82, 2.24) is 14.9 Å². The Morgan fingerprint density at radius 3 is 2.52 bits per heavy atom. The van der Waals surface area contributed by atoms with Crippen LogP contribution < -0.4 is 16.4 Å². The molecule has 0 spiro atoms. The number of amides is 1. The Kier molecular flexibility index (Phi) is 5.50. The fourth-order valence-corrected chi connectivity index (χ4v) is 3.38. The summed E-state index contributed by atoms with van der Waals surface area (Å²) in [5, 5.41) is 0. The van der Waals surface area contributed by atoms with Gasteiger partial charge in [-0.05, 0) is 27.9 Å². The minimum Gasteiger partial charge on any atom is -0.383 e. The van der Waals surface area contributed by atoms with E-state index in [4.69, 9.17) is 11.5 Å². The molecule has 8 heteroatoms. The summed E-state index contributed by atoms with van der Waals surface area (Å²) in [5.74, 6) is 1.16. The van der Waals surface area contributed by atoms with Crippen LogP contribution in [-0.2, 0) is 11.2 Å². The molecule has 1 saturated heterocycles. The number of aromatic nitrogens is 2. The fraction of sp³-hybridized carbons (Fsp3) is 0.353. The molecule has 1 amide bonds. The molecule has 0 saturated carbocycles. The number of piperazine rings is 1. The van der Waals surface area contributed by atoms with Crippen molar-refractivity contribution in [2.24, 2.45) is 5.73 Å². The van der Waals surface area contributed by atoms with E-state index in [1.807, 2.05) is 35.2 Å². The average Bonchev–Trinajstić information content (AvgIpc) is 2.64. The predicted molar refractivity (Wildman–Crippen MR) is 101 cm³/mol. The molecule has 1 unspecified atom stereocenters. The zero-order valence-electron chi connectivity index (χ0n) is 13.8. The molecule has 132 valence electrons. The number of anilines is 2. The highest BCUT2D eigenvalue weighted by molar-refractivity contribution is 9.10. The maximum absolute atomic E-state index is 12.6. The van der Waals surface area contributed by atoms with Crippen molar-refractivity contribution in [3.05, 3.63) is 46.7 Å². The lowest BCUT2D eigenvalue weighted by atomic mass is 10.1. The normalized spacial score (nSPS) is 15.9. The summed E-state index contributed by atoms with van der Waals surface area (Å²) in [6, 6.07) is 9.32. The van der Waals surface area contributed by atoms with Gasteiger partial charge in [0.25, 0.3) is 0 Å². The SMILES string of the molecule is Nc1ncnc(N2CCN(C(=O)C(N)Cc3ccccc3)CC2)c1Br. The van der Waals surface area contributed by atoms with Crippen molar-refractivity contribution in [2.45, 2.75) is 12.5 Å². The minimum atomic E-state index is -0.518. The van der Waals surface area contributed by atoms with E-state index in [-0.39, 0.29) is 5.91 Å². The Hall–Kier alpha value is -2.19. The molecular formula is C17H21BrN6O. The maximum Gasteiger partial charge on any atom is 0.239 e. The Morgan fingerprint density at radius 2 is 1.84 bits per heavy atom. The van der Waals surface area contributed by atoms with Gasteiger partial charge in [0.15, 0.2) is 0 Å². The van der Waals surface area contributed by atoms with Crippen molar-refractivity contribution in [3.8, 4) is 0 Å². The summed E-state index contributed by atoms with van der Waals surface area (Å²) in [5.41, 5.74) is 13.0. The number of halogens is 1. The van der Waals surface area contributed by atoms with Crippen molar-refractivity contribution in [3.63, 3.8) is 0 Å². The molecule has 1 aliphatic rings. The minimum absolute atomic E-state index is 0.00947. The number of hydrogen-bond donors (Lipinski definition) is 2. The molecule has 0 bridgehead atoms. The van der Waals surface area contributed by atoms with Crippen molar-refractivity contribution in [1.29, 1.82) is 0 Å². The fourth-order valence-electron chi connectivity index (χ4n) is 2.92. The average molecular weight is 405 g/mol. The van der Waals surface area contributed by atoms with Crippen molar-refractivity contribution < 1.29 is 4.79 Å². The quantitative estimate of drug-likeness (QED) is 0.789. The standard InChI is InChI=1S/C17H21BrN6O/c18-14-15(20)21-11-22-16(14)23-6-8-24(9-7-23)17(25)13(19)10-12-4-2-1-3-5-12/h1-5,11,13H,6-10,19H2,(H2,20,21,22). The molecule has 1 aromatic heterocycles. The van der Waals surface area contributed by atoms with Crippen LogP contribution in [0.2, 0.25) is 0 Å². The third-order valence-corrected chi connectivity index (χ3v) is 5.07. The van der Waals surface area contributed by atoms with E-state index in [0.717, 1.165) is 11.4 Å². The topological polar surface area (TPSA) is 101 Å². The zero-order chi connectivity index (χ0) is 17.8. The summed E-state index contributed by atoms with van der Waals surface area (Å²) in [6.45, 7) is 2.58. The maximum atomic E-state index is 12.6. The first-order valence-electron chi connectivity index (χ1n) is 8.15. The second-order valence-electron chi connectivity index (χ2n) is 6.01. The monoisotopic (exact) mass is 404 g/mol. The number of rotatable bonds is 4. The third-order valence-electron chi connectivity index (χ3n) is 4.30. The first-order chi connectivity index (χ1) is 12.1. The number of hydrogen-bond acceptors (Lipinski definition) is 6. The van der Waals surface area contributed by atoms with Gasteiger partial charge >= 0.3 is 0 Å². The Labute approximate surface area is 155 Å². The van der Waals surface area contributed by atoms with Gasteiger partial charge in [-0.15, -0.1) is 0 Å². The largest absolute Gasteiger partial charge is 0.383 e. The number of nitrogens with zero attached hydrogens (tertiary/aromatic N) is 4. The molecular weight excluding hydrogens is 384 g/mol. The van der Waals surface area contributed by atoms with Gasteiger partial charge in [-0.25, -0.2) is 9.97 Å². The van der Waals surface area contributed by atoms with E-state index in [1.165, 1.54) is 6.33 Å². The number of carbonyl (C=O) groups is 1. The van der Waals surface area contributed by atoms with E-state index in [1.54, 1.807) is 0 Å². The molecule has 25 heavy (non-hydrogen) atoms. The number of benzene rings is 1. The highest BCUT2D eigenvalue weighted by Crippen LogP contribution is 2.28. The highest BCUT2D eigenvalue weighted by Gasteiger charge is 2.27. The molecule has 7 nitrogen and oxygen atoms in total. The number of carbonyl (C=O) groups excluding carboxylic acids is 1. The summed E-state index contributed by atoms with van der Waals surface area (Å²) in [4.78, 5) is 24.7. The van der Waals surface area contributed by atoms with E-state index < -0.39 is 6.04 Å². The van der Waals surface area contributed by atoms with Gasteiger partial charge in [0, 0.05) is 26.2 Å². The van der Waals surface area contributed by atoms with Crippen LogP contribution in [0.4, 0.5) is 11.6 Å². The third kappa shape index (κ3) is 4.08. The van der Waals surface area contributed by atoms with Crippen molar-refractivity contribution in [2.75, 3.05) is 36.8 Å². The van der Waals surface area contributed by atoms with E-state index in [2.05, 4.69) is 30.8 Å². The summed E-state index contributed by atoms with van der Waals surface area (Å²) in [6.07, 6.45) is 2.00. The van der Waals surface area contributed by atoms with Crippen LogP contribution in [-0.4, -0.2) is 53.0 Å². The Balaban J connectivity index is 1.58. The van der Waals surface area contributed by atoms with Crippen LogP contribution in [0.3, 0.4) is 0 Å². The molecule has 1 fully saturated rings. The zero-order valence-corrected chi connectivity index (χ0v) is 15.4. The summed E-state index contributed by atoms with van der Waals surface area (Å²) >= 11 is 3.43. The van der Waals surface area contributed by atoms with Crippen LogP contribution in [0.15, 0.2) is 41.1 Å². The van der Waals surface area contributed by atoms with E-state index in [0.29, 0.717) is 42.9 Å². The van der Waals surface area contributed by atoms with Gasteiger partial charge < -0.3 is 21.3 Å². The molecule has 2 heterocycles. The first kappa shape index (κ1) is 17.6. The lowest BCUT2D eigenvalue weighted by Gasteiger charge is -2.36. The summed E-state index contributed by atoms with van der Waals surface area (Å²) < 4.78 is 0.690. The Morgan fingerprint density at radius 1 is 1.16 bits per heavy atom. The predicted octanol–water partition coefficient (Wildman–Crippen LogP) is 1.04. The van der Waals surface area contributed by atoms with Crippen molar-refractivity contribution >= 4 is 33.5 Å². The lowest BCUT2D eigenvalue weighted by molar-refractivity contribution is -0.132. The lowest BCUT2D eigenvalue weighted by Crippen LogP contribution is -2.54. The molecule has 1 aromatic carbocycles. The highest BCUT2D eigenvalue weighted by atomic mass is 79.9. The van der Waals surface area contributed by atoms with E-state index in [9.17, 15) is 4.79 Å². The molecule has 2 aromatic rings. The number of nitrogens with two attached hydrogens (primary N) is 2. The van der Waals surface area contributed by atoms with Gasteiger partial charge in [-0.2, -0.15) is 0 Å². The molecule has 1 atom stereocenters. The molecule has 0 radical (unpaired) electrons. The smallest absolute Gasteiger partial charge is 0.239 e. The molecule has 3 rings (SSSR count). The van der Waals surface area contributed by atoms with Crippen LogP contribution in [0.25, 0.3) is 0 Å². The van der Waals surface area contributed by atoms with Crippen LogP contribution >= 0.6 is 15.9 Å². The first-order valence-corrected chi connectivity index (χ1v) is 8.95. The number of nitrogen functional groups attached to an aromatic ring is 1. The van der Waals surface area contributed by atoms with E-state index >= 15 is 0 Å². The molecule has 0 aliphatic carbocycles. The second-order valence-corrected chi connectivity index (χ2v) is 6.80. The van der Waals surface area contributed by atoms with Gasteiger partial charge in [0.05, 0.1) is 6.04 Å². The van der Waals surface area contributed by atoms with Crippen LogP contribution in [0, 0.1) is 0 Å². The van der Waals surface area contributed by atoms with Gasteiger partial charge in [-0.1, -0.05) is 30.3 Å². The van der Waals surface area contributed by atoms with Crippen LogP contribution in [0.1, 0.15) is 5.56 Å². The Bertz CT molecular complexity index is 733. The van der Waals surface area contributed by atoms with Gasteiger partial charge in [0.2, 0.25) is 5.91 Å². The molecule has 4 N–H and O–H groups in total. The van der Waals surface area contributed by atoms with Gasteiger partial charge in [0.1, 0.15) is 22.4 Å².